The van der Waals surface area contributed by atoms with Gasteiger partial charge >= 0.3 is 0 Å². The van der Waals surface area contributed by atoms with E-state index in [-0.39, 0.29) is 17.8 Å². The maximum atomic E-state index is 8.92. The summed E-state index contributed by atoms with van der Waals surface area (Å²) in [5, 5.41) is 16.7. The fourth-order valence-corrected chi connectivity index (χ4v) is 0.346. The van der Waals surface area contributed by atoms with Crippen molar-refractivity contribution in [3.05, 3.63) is 12.1 Å². The van der Waals surface area contributed by atoms with Crippen molar-refractivity contribution in [3.8, 4) is 11.8 Å². The van der Waals surface area contributed by atoms with E-state index in [1.54, 1.807) is 0 Å². The van der Waals surface area contributed by atoms with E-state index in [4.69, 9.17) is 9.44 Å². The third-order valence-electron chi connectivity index (χ3n) is 0.720. The summed E-state index contributed by atoms with van der Waals surface area (Å²) in [4.78, 5) is 0. The molecule has 0 saturated carbocycles. The number of hydrogen-bond donors (Lipinski definition) is 3. The van der Waals surface area contributed by atoms with Gasteiger partial charge in [-0.2, -0.15) is 0 Å². The van der Waals surface area contributed by atoms with Crippen molar-refractivity contribution >= 4 is 0 Å². The molecule has 44 valence electrons. The van der Waals surface area contributed by atoms with E-state index < -0.39 is 0 Å². The lowest BCUT2D eigenvalue weighted by Crippen LogP contribution is -1.85. The Morgan fingerprint density at radius 3 is 2.75 bits per heavy atom. The van der Waals surface area contributed by atoms with Crippen LogP contribution in [0.4, 0.5) is 0 Å². The minimum atomic E-state index is -0.382. The Balaban J connectivity index is 3.14. The Bertz CT molecular complexity index is 261. The highest BCUT2D eigenvalue weighted by atomic mass is 16.5. The molecule has 0 saturated heterocycles. The van der Waals surface area contributed by atoms with Gasteiger partial charge in [0.15, 0.2) is 0 Å². The van der Waals surface area contributed by atoms with Crippen LogP contribution in [0.2, 0.25) is 0 Å². The van der Waals surface area contributed by atoms with E-state index in [2.05, 4.69) is 10.2 Å². The van der Waals surface area contributed by atoms with Gasteiger partial charge in [0.05, 0.1) is 1.37 Å². The second-order valence-electron chi connectivity index (χ2n) is 1.24. The first kappa shape index (κ1) is 2.30. The molecule has 0 radical (unpaired) electrons. The van der Waals surface area contributed by atoms with Crippen molar-refractivity contribution in [1.82, 2.24) is 4.73 Å². The number of aromatic nitrogens is 1. The summed E-state index contributed by atoms with van der Waals surface area (Å²) in [5.41, 5.74) is 0. The number of aromatic hydroxyl groups is 2. The molecular weight excluding hydrogens is 110 g/mol. The van der Waals surface area contributed by atoms with Crippen LogP contribution in [0.5, 0.6) is 11.8 Å². The number of hydrogen-bond acceptors (Lipinski definition) is 3. The molecule has 0 amide bonds. The molecule has 8 heavy (non-hydrogen) atoms. The lowest BCUT2D eigenvalue weighted by molar-refractivity contribution is 0.131. The first-order valence-electron chi connectivity index (χ1n) is 3.20. The first-order chi connectivity index (χ1) is 5.20. The van der Waals surface area contributed by atoms with Crippen molar-refractivity contribution < 1.29 is 16.8 Å². The zero-order chi connectivity index (χ0) is 8.43. The Labute approximate surface area is 49.6 Å². The van der Waals surface area contributed by atoms with E-state index in [0.29, 0.717) is 4.73 Å². The monoisotopic (exact) mass is 118 g/mol. The lowest BCUT2D eigenvalue weighted by atomic mass is 10.6. The predicted octanol–water partition coefficient (Wildman–Crippen LogP) is 0.137. The molecule has 1 aromatic rings. The maximum absolute atomic E-state index is 8.92. The zero-order valence-corrected chi connectivity index (χ0v) is 3.79. The normalized spacial score (nSPS) is 13.8. The Kier molecular flexibility index (Phi) is 0.382. The minimum Gasteiger partial charge on any atom is -0.492 e. The van der Waals surface area contributed by atoms with Crippen LogP contribution in [-0.2, 0) is 0 Å². The molecule has 0 aliphatic heterocycles. The molecule has 0 aromatic carbocycles. The highest BCUT2D eigenvalue weighted by molar-refractivity contribution is 5.21. The van der Waals surface area contributed by atoms with Crippen LogP contribution in [0, 0.1) is 0 Å². The molecular formula is C4H5NO3. The standard InChI is InChI=1S/C4H5NO3/c6-3-1-2-4(7)5(3)8/h1-2,6-8H/i1D/hD2. The van der Waals surface area contributed by atoms with Gasteiger partial charge in [0.25, 0.3) is 2.86 Å². The van der Waals surface area contributed by atoms with Gasteiger partial charge in [0.2, 0.25) is 11.8 Å². The van der Waals surface area contributed by atoms with Crippen LogP contribution in [0.3, 0.4) is 0 Å². The second-order valence-corrected chi connectivity index (χ2v) is 1.24. The van der Waals surface area contributed by atoms with Crippen LogP contribution >= 0.6 is 0 Å². The van der Waals surface area contributed by atoms with Gasteiger partial charge in [0, 0.05) is 12.1 Å². The topological polar surface area (TPSA) is 65.6 Å². The van der Waals surface area contributed by atoms with Gasteiger partial charge in [-0.3, -0.25) is 0 Å². The molecule has 1 heterocycles. The average Bonchev–Trinajstić information content (AvgIpc) is 2.26. The molecule has 4 heteroatoms. The molecule has 0 aliphatic rings. The van der Waals surface area contributed by atoms with Gasteiger partial charge in [-0.25, -0.2) is 0 Å². The number of rotatable bonds is 2. The van der Waals surface area contributed by atoms with Crippen LogP contribution in [-0.4, -0.2) is 23.0 Å². The molecule has 0 fully saturated rings. The lowest BCUT2D eigenvalue weighted by Gasteiger charge is -1.91. The van der Waals surface area contributed by atoms with Gasteiger partial charge in [-0.15, -0.1) is 4.73 Å². The molecule has 0 unspecified atom stereocenters. The smallest absolute Gasteiger partial charge is 0.295 e. The predicted molar refractivity (Wildman–Crippen MR) is 24.9 cm³/mol. The highest BCUT2D eigenvalue weighted by Crippen LogP contribution is 2.16. The fourth-order valence-electron chi connectivity index (χ4n) is 0.346. The average molecular weight is 118 g/mol. The molecule has 0 aliphatic carbocycles. The van der Waals surface area contributed by atoms with Crippen molar-refractivity contribution in [2.24, 2.45) is 0 Å². The summed E-state index contributed by atoms with van der Waals surface area (Å²) >= 11 is 0. The summed E-state index contributed by atoms with van der Waals surface area (Å²) in [5.74, 6) is -0.649. The quantitative estimate of drug-likeness (QED) is 0.484. The SMILES string of the molecule is [2H]Oc1cc([2H])c(O[2H])n1O. The van der Waals surface area contributed by atoms with Crippen LogP contribution < -0.4 is 0 Å². The third kappa shape index (κ3) is 0.465. The molecule has 0 spiro atoms. The van der Waals surface area contributed by atoms with Gasteiger partial charge in [-0.1, -0.05) is 0 Å². The molecule has 0 atom stereocenters. The van der Waals surface area contributed by atoms with Crippen LogP contribution in [0.1, 0.15) is 1.37 Å². The molecule has 1 rings (SSSR count). The van der Waals surface area contributed by atoms with Gasteiger partial charge < -0.3 is 15.4 Å². The summed E-state index contributed by atoms with van der Waals surface area (Å²) in [6.07, 6.45) is 0. The summed E-state index contributed by atoms with van der Waals surface area (Å²) < 4.78 is 20.1. The third-order valence-corrected chi connectivity index (χ3v) is 0.720. The van der Waals surface area contributed by atoms with Gasteiger partial charge in [0.1, 0.15) is 0 Å². The van der Waals surface area contributed by atoms with Crippen LogP contribution in [0.25, 0.3) is 0 Å². The van der Waals surface area contributed by atoms with Crippen molar-refractivity contribution in [2.75, 3.05) is 0 Å². The molecule has 4 nitrogen and oxygen atoms in total. The second kappa shape index (κ2) is 1.33. The first-order valence-corrected chi connectivity index (χ1v) is 1.88. The van der Waals surface area contributed by atoms with Crippen molar-refractivity contribution in [3.63, 3.8) is 0 Å². The summed E-state index contributed by atoms with van der Waals surface area (Å²) in [6.45, 7) is 0. The molecule has 3 N–H and O–H groups in total. The van der Waals surface area contributed by atoms with E-state index in [9.17, 15) is 0 Å². The highest BCUT2D eigenvalue weighted by Gasteiger charge is 1.99. The molecule has 1 aromatic heterocycles. The van der Waals surface area contributed by atoms with E-state index in [1.165, 1.54) is 0 Å². The summed E-state index contributed by atoms with van der Waals surface area (Å²) in [6, 6.07) is 0.835. The zero-order valence-electron chi connectivity index (χ0n) is 6.79. The molecule has 0 bridgehead atoms. The Morgan fingerprint density at radius 1 is 1.62 bits per heavy atom. The van der Waals surface area contributed by atoms with E-state index >= 15 is 0 Å². The largest absolute Gasteiger partial charge is 0.492 e. The Hall–Kier alpha value is -1.32. The summed E-state index contributed by atoms with van der Waals surface area (Å²) in [7, 11) is 0. The maximum Gasteiger partial charge on any atom is 0.295 e. The van der Waals surface area contributed by atoms with Gasteiger partial charge in [-0.05, 0) is 0 Å². The van der Waals surface area contributed by atoms with E-state index in [0.717, 1.165) is 6.07 Å². The van der Waals surface area contributed by atoms with Crippen molar-refractivity contribution in [2.45, 2.75) is 0 Å². The van der Waals surface area contributed by atoms with Crippen molar-refractivity contribution in [1.29, 1.82) is 2.86 Å². The fraction of sp³-hybridized carbons (Fsp3) is 0. The van der Waals surface area contributed by atoms with Crippen LogP contribution in [0.15, 0.2) is 12.1 Å². The Morgan fingerprint density at radius 2 is 2.38 bits per heavy atom. The number of nitrogens with zero attached hydrogens (tertiary/aromatic N) is 1. The van der Waals surface area contributed by atoms with E-state index in [1.807, 2.05) is 0 Å². The minimum absolute atomic E-state index is 0.218.